The van der Waals surface area contributed by atoms with Crippen LogP contribution in [0, 0.1) is 5.92 Å². The minimum atomic E-state index is 0.697. The van der Waals surface area contributed by atoms with Crippen LogP contribution in [0.4, 0.5) is 0 Å². The second kappa shape index (κ2) is 9.22. The number of rotatable bonds is 7. The topological polar surface area (TPSA) is 21.3 Å². The van der Waals surface area contributed by atoms with Crippen molar-refractivity contribution in [2.75, 3.05) is 7.11 Å². The van der Waals surface area contributed by atoms with Crippen molar-refractivity contribution in [3.8, 4) is 0 Å². The van der Waals surface area contributed by atoms with Gasteiger partial charge >= 0.3 is 0 Å². The van der Waals surface area contributed by atoms with E-state index in [-0.39, 0.29) is 0 Å². The summed E-state index contributed by atoms with van der Waals surface area (Å²) in [5.74, 6) is 0.975. The quantitative estimate of drug-likeness (QED) is 0.736. The third-order valence-electron chi connectivity index (χ3n) is 4.78. The Kier molecular flexibility index (Phi) is 7.25. The van der Waals surface area contributed by atoms with Crippen LogP contribution in [0.2, 0.25) is 0 Å². The van der Waals surface area contributed by atoms with E-state index < -0.39 is 0 Å². The summed E-state index contributed by atoms with van der Waals surface area (Å²) in [5.41, 5.74) is 2.69. The van der Waals surface area contributed by atoms with Crippen molar-refractivity contribution in [1.29, 1.82) is 0 Å². The largest absolute Gasteiger partial charge is 0.380 e. The summed E-state index contributed by atoms with van der Waals surface area (Å²) in [6.45, 7) is 4.00. The van der Waals surface area contributed by atoms with Crippen molar-refractivity contribution in [2.24, 2.45) is 5.92 Å². The first kappa shape index (κ1) is 16.5. The molecule has 1 aliphatic carbocycles. The van der Waals surface area contributed by atoms with Gasteiger partial charge in [0.1, 0.15) is 0 Å². The van der Waals surface area contributed by atoms with Crippen LogP contribution in [-0.2, 0) is 17.9 Å². The average molecular weight is 289 g/mol. The number of hydrogen-bond acceptors (Lipinski definition) is 2. The first-order valence-corrected chi connectivity index (χ1v) is 8.62. The Morgan fingerprint density at radius 1 is 1.10 bits per heavy atom. The van der Waals surface area contributed by atoms with Crippen molar-refractivity contribution in [3.63, 3.8) is 0 Å². The highest BCUT2D eigenvalue weighted by molar-refractivity contribution is 5.26. The predicted molar refractivity (Wildman–Crippen MR) is 89.3 cm³/mol. The summed E-state index contributed by atoms with van der Waals surface area (Å²) in [4.78, 5) is 0. The summed E-state index contributed by atoms with van der Waals surface area (Å²) < 4.78 is 5.29. The minimum absolute atomic E-state index is 0.697. The molecule has 1 saturated carbocycles. The van der Waals surface area contributed by atoms with Gasteiger partial charge in [0.15, 0.2) is 0 Å². The zero-order chi connectivity index (χ0) is 14.9. The van der Waals surface area contributed by atoms with Crippen LogP contribution in [0.25, 0.3) is 0 Å². The molecule has 2 heteroatoms. The molecule has 1 N–H and O–H groups in total. The van der Waals surface area contributed by atoms with E-state index in [2.05, 4.69) is 36.5 Å². The lowest BCUT2D eigenvalue weighted by atomic mass is 9.95. The monoisotopic (exact) mass is 289 g/mol. The Labute approximate surface area is 130 Å². The maximum Gasteiger partial charge on any atom is 0.0716 e. The predicted octanol–water partition coefficient (Wildman–Crippen LogP) is 4.67. The molecule has 0 spiro atoms. The van der Waals surface area contributed by atoms with Crippen molar-refractivity contribution >= 4 is 0 Å². The second-order valence-corrected chi connectivity index (χ2v) is 6.44. The highest BCUT2D eigenvalue weighted by Crippen LogP contribution is 2.27. The molecule has 2 nitrogen and oxygen atoms in total. The molecule has 118 valence electrons. The van der Waals surface area contributed by atoms with E-state index in [1.165, 1.54) is 56.1 Å². The summed E-state index contributed by atoms with van der Waals surface area (Å²) in [6, 6.07) is 9.31. The molecule has 0 radical (unpaired) electrons. The zero-order valence-corrected chi connectivity index (χ0v) is 13.7. The Balaban J connectivity index is 1.83. The van der Waals surface area contributed by atoms with Crippen LogP contribution in [0.15, 0.2) is 24.3 Å². The highest BCUT2D eigenvalue weighted by Gasteiger charge is 2.18. The van der Waals surface area contributed by atoms with E-state index in [4.69, 9.17) is 4.74 Å². The van der Waals surface area contributed by atoms with E-state index >= 15 is 0 Å². The number of ether oxygens (including phenoxy) is 1. The molecule has 2 rings (SSSR count). The lowest BCUT2D eigenvalue weighted by molar-refractivity contribution is 0.184. The zero-order valence-electron chi connectivity index (χ0n) is 13.7. The lowest BCUT2D eigenvalue weighted by Crippen LogP contribution is -2.28. The van der Waals surface area contributed by atoms with Crippen molar-refractivity contribution in [2.45, 2.75) is 71.1 Å². The molecule has 2 unspecified atom stereocenters. The molecular formula is C19H31NO. The van der Waals surface area contributed by atoms with Crippen molar-refractivity contribution < 1.29 is 4.74 Å². The minimum Gasteiger partial charge on any atom is -0.380 e. The first-order valence-electron chi connectivity index (χ1n) is 8.62. The fourth-order valence-electron chi connectivity index (χ4n) is 3.56. The molecule has 0 aliphatic heterocycles. The number of methoxy groups -OCH3 is 1. The molecule has 2 atom stereocenters. The Bertz CT molecular complexity index is 404. The number of hydrogen-bond donors (Lipinski definition) is 1. The molecule has 0 bridgehead atoms. The maximum absolute atomic E-state index is 5.29. The van der Waals surface area contributed by atoms with Gasteiger partial charge in [0, 0.05) is 19.7 Å². The molecule has 0 aromatic heterocycles. The summed E-state index contributed by atoms with van der Waals surface area (Å²) in [5, 5.41) is 3.78. The normalized spacial score (nSPS) is 23.0. The smallest absolute Gasteiger partial charge is 0.0716 e. The third-order valence-corrected chi connectivity index (χ3v) is 4.78. The van der Waals surface area contributed by atoms with E-state index in [0.717, 1.165) is 12.5 Å². The van der Waals surface area contributed by atoms with Crippen LogP contribution in [0.3, 0.4) is 0 Å². The van der Waals surface area contributed by atoms with Gasteiger partial charge in [0.05, 0.1) is 6.61 Å². The van der Waals surface area contributed by atoms with Crippen LogP contribution in [0.1, 0.15) is 63.0 Å². The molecule has 21 heavy (non-hydrogen) atoms. The van der Waals surface area contributed by atoms with E-state index in [1.807, 2.05) is 0 Å². The standard InChI is InChI=1S/C19H31NO/c1-3-7-16-8-6-11-19(13-12-16)20-14-17-9-4-5-10-18(17)15-21-2/h4-5,9-10,16,19-20H,3,6-8,11-15H2,1-2H3. The van der Waals surface area contributed by atoms with E-state index in [9.17, 15) is 0 Å². The molecule has 0 amide bonds. The van der Waals surface area contributed by atoms with Crippen molar-refractivity contribution in [1.82, 2.24) is 5.32 Å². The number of nitrogens with one attached hydrogen (secondary N) is 1. The Morgan fingerprint density at radius 3 is 2.67 bits per heavy atom. The second-order valence-electron chi connectivity index (χ2n) is 6.44. The van der Waals surface area contributed by atoms with Gasteiger partial charge in [0.2, 0.25) is 0 Å². The van der Waals surface area contributed by atoms with Gasteiger partial charge < -0.3 is 10.1 Å². The molecule has 1 aliphatic rings. The molecular weight excluding hydrogens is 258 g/mol. The van der Waals surface area contributed by atoms with Gasteiger partial charge in [-0.3, -0.25) is 0 Å². The summed E-state index contributed by atoms with van der Waals surface area (Å²) in [6.07, 6.45) is 9.68. The van der Waals surface area contributed by atoms with Crippen LogP contribution in [-0.4, -0.2) is 13.2 Å². The summed E-state index contributed by atoms with van der Waals surface area (Å²) in [7, 11) is 1.77. The fourth-order valence-corrected chi connectivity index (χ4v) is 3.56. The Hall–Kier alpha value is -0.860. The highest BCUT2D eigenvalue weighted by atomic mass is 16.5. The fraction of sp³-hybridized carbons (Fsp3) is 0.684. The van der Waals surface area contributed by atoms with Crippen molar-refractivity contribution in [3.05, 3.63) is 35.4 Å². The van der Waals surface area contributed by atoms with Gasteiger partial charge in [-0.2, -0.15) is 0 Å². The maximum atomic E-state index is 5.29. The molecule has 1 fully saturated rings. The molecule has 0 saturated heterocycles. The van der Waals surface area contributed by atoms with E-state index in [0.29, 0.717) is 12.6 Å². The van der Waals surface area contributed by atoms with Gasteiger partial charge in [-0.05, 0) is 36.3 Å². The van der Waals surface area contributed by atoms with Crippen LogP contribution >= 0.6 is 0 Å². The van der Waals surface area contributed by atoms with Gasteiger partial charge in [0.25, 0.3) is 0 Å². The van der Waals surface area contributed by atoms with E-state index in [1.54, 1.807) is 7.11 Å². The van der Waals surface area contributed by atoms with Gasteiger partial charge in [-0.1, -0.05) is 56.9 Å². The SMILES string of the molecule is CCCC1CCCC(NCc2ccccc2COC)CC1. The first-order chi connectivity index (χ1) is 10.3. The summed E-state index contributed by atoms with van der Waals surface area (Å²) >= 11 is 0. The molecule has 0 heterocycles. The Morgan fingerprint density at radius 2 is 1.90 bits per heavy atom. The van der Waals surface area contributed by atoms with Crippen LogP contribution in [0.5, 0.6) is 0 Å². The molecule has 1 aromatic carbocycles. The van der Waals surface area contributed by atoms with Gasteiger partial charge in [-0.15, -0.1) is 0 Å². The lowest BCUT2D eigenvalue weighted by Gasteiger charge is -2.18. The van der Waals surface area contributed by atoms with Crippen LogP contribution < -0.4 is 5.32 Å². The average Bonchev–Trinajstić information content (AvgIpc) is 2.73. The number of benzene rings is 1. The third kappa shape index (κ3) is 5.44. The van der Waals surface area contributed by atoms with Gasteiger partial charge in [-0.25, -0.2) is 0 Å². The molecule has 1 aromatic rings.